The van der Waals surface area contributed by atoms with E-state index in [9.17, 15) is 19.8 Å². The third-order valence-electron chi connectivity index (χ3n) is 2.82. The lowest BCUT2D eigenvalue weighted by atomic mass is 10.0. The SMILES string of the molecule is O=C(O)c1c(Cl)c(Cl)c2c(Cl)c(Cl)c(C(=O)O)c(Cl)c2c1Cl. The van der Waals surface area contributed by atoms with Crippen LogP contribution in [-0.2, 0) is 0 Å². The highest BCUT2D eigenvalue weighted by Crippen LogP contribution is 2.49. The average Bonchev–Trinajstić information content (AvgIpc) is 2.39. The Morgan fingerprint density at radius 3 is 1.09 bits per heavy atom. The number of benzene rings is 2. The molecule has 0 bridgehead atoms. The Labute approximate surface area is 153 Å². The van der Waals surface area contributed by atoms with Crippen LogP contribution >= 0.6 is 69.6 Å². The molecule has 2 rings (SSSR count). The maximum absolute atomic E-state index is 11.3. The number of carboxylic acid groups (broad SMARTS) is 2. The monoisotopic (exact) mass is 420 g/mol. The molecule has 0 radical (unpaired) electrons. The Kier molecular flexibility index (Phi) is 4.93. The highest BCUT2D eigenvalue weighted by Gasteiger charge is 2.29. The van der Waals surface area contributed by atoms with Gasteiger partial charge in [-0.05, 0) is 0 Å². The van der Waals surface area contributed by atoms with Gasteiger partial charge >= 0.3 is 11.9 Å². The van der Waals surface area contributed by atoms with Crippen molar-refractivity contribution in [2.45, 2.75) is 0 Å². The number of hydrogen-bond donors (Lipinski definition) is 2. The third-order valence-corrected chi connectivity index (χ3v) is 5.28. The first kappa shape index (κ1) is 17.7. The van der Waals surface area contributed by atoms with Crippen molar-refractivity contribution in [3.05, 3.63) is 41.3 Å². The lowest BCUT2D eigenvalue weighted by Crippen LogP contribution is -2.04. The number of rotatable bonds is 2. The van der Waals surface area contributed by atoms with E-state index in [0.29, 0.717) is 0 Å². The molecule has 0 fully saturated rings. The molecule has 22 heavy (non-hydrogen) atoms. The van der Waals surface area contributed by atoms with Crippen molar-refractivity contribution in [2.75, 3.05) is 0 Å². The molecule has 0 aliphatic heterocycles. The fraction of sp³-hybridized carbons (Fsp3) is 0. The molecule has 0 unspecified atom stereocenters. The lowest BCUT2D eigenvalue weighted by Gasteiger charge is -2.15. The second-order valence-electron chi connectivity index (χ2n) is 3.99. The van der Waals surface area contributed by atoms with E-state index in [1.54, 1.807) is 0 Å². The van der Waals surface area contributed by atoms with Crippen LogP contribution in [-0.4, -0.2) is 22.2 Å². The summed E-state index contributed by atoms with van der Waals surface area (Å²) in [4.78, 5) is 22.5. The van der Waals surface area contributed by atoms with Crippen molar-refractivity contribution in [2.24, 2.45) is 0 Å². The summed E-state index contributed by atoms with van der Waals surface area (Å²) in [6.07, 6.45) is 0. The Morgan fingerprint density at radius 2 is 0.818 bits per heavy atom. The van der Waals surface area contributed by atoms with E-state index < -0.39 is 23.1 Å². The molecule has 4 nitrogen and oxygen atoms in total. The molecule has 0 aliphatic carbocycles. The first-order chi connectivity index (χ1) is 10.1. The number of aromatic carboxylic acids is 2. The van der Waals surface area contributed by atoms with E-state index in [1.807, 2.05) is 0 Å². The maximum Gasteiger partial charge on any atom is 0.338 e. The molecule has 2 aromatic rings. The van der Waals surface area contributed by atoms with Gasteiger partial charge in [0.15, 0.2) is 0 Å². The Bertz CT molecular complexity index is 795. The molecule has 116 valence electrons. The fourth-order valence-electron chi connectivity index (χ4n) is 1.89. The largest absolute Gasteiger partial charge is 0.478 e. The van der Waals surface area contributed by atoms with Crippen molar-refractivity contribution < 1.29 is 19.8 Å². The summed E-state index contributed by atoms with van der Waals surface area (Å²) in [5, 5.41) is 16.2. The van der Waals surface area contributed by atoms with Crippen LogP contribution in [0, 0.1) is 0 Å². The average molecular weight is 423 g/mol. The van der Waals surface area contributed by atoms with Crippen LogP contribution in [0.5, 0.6) is 0 Å². The molecule has 0 aromatic heterocycles. The van der Waals surface area contributed by atoms with Crippen LogP contribution in [0.25, 0.3) is 10.8 Å². The quantitative estimate of drug-likeness (QED) is 0.568. The van der Waals surface area contributed by atoms with Gasteiger partial charge < -0.3 is 10.2 Å². The topological polar surface area (TPSA) is 74.6 Å². The molecule has 2 N–H and O–H groups in total. The predicted octanol–water partition coefficient (Wildman–Crippen LogP) is 6.16. The van der Waals surface area contributed by atoms with Gasteiger partial charge in [0.1, 0.15) is 0 Å². The predicted molar refractivity (Wildman–Crippen MR) is 87.9 cm³/mol. The van der Waals surface area contributed by atoms with Crippen molar-refractivity contribution >= 4 is 92.3 Å². The van der Waals surface area contributed by atoms with Crippen LogP contribution < -0.4 is 0 Å². The zero-order valence-corrected chi connectivity index (χ0v) is 14.5. The lowest BCUT2D eigenvalue weighted by molar-refractivity contribution is 0.0687. The molecule has 0 spiro atoms. The highest BCUT2D eigenvalue weighted by molar-refractivity contribution is 6.57. The number of carboxylic acids is 2. The van der Waals surface area contributed by atoms with Crippen LogP contribution in [0.3, 0.4) is 0 Å². The van der Waals surface area contributed by atoms with Crippen LogP contribution in [0.1, 0.15) is 20.7 Å². The van der Waals surface area contributed by atoms with E-state index in [4.69, 9.17) is 69.6 Å². The minimum Gasteiger partial charge on any atom is -0.478 e. The Morgan fingerprint density at radius 1 is 0.545 bits per heavy atom. The van der Waals surface area contributed by atoms with E-state index >= 15 is 0 Å². The zero-order chi connectivity index (χ0) is 16.9. The molecule has 0 saturated carbocycles. The second-order valence-corrected chi connectivity index (χ2v) is 6.26. The number of fused-ring (bicyclic) bond motifs is 1. The van der Waals surface area contributed by atoms with Gasteiger partial charge in [-0.2, -0.15) is 0 Å². The molecule has 0 saturated heterocycles. The van der Waals surface area contributed by atoms with Crippen LogP contribution in [0.4, 0.5) is 0 Å². The minimum atomic E-state index is -1.46. The van der Waals surface area contributed by atoms with Gasteiger partial charge in [-0.3, -0.25) is 0 Å². The number of carbonyl (C=O) groups is 2. The molecular weight excluding hydrogens is 421 g/mol. The molecule has 2 aromatic carbocycles. The normalized spacial score (nSPS) is 11.0. The third kappa shape index (κ3) is 2.48. The summed E-state index contributed by atoms with van der Waals surface area (Å²) in [7, 11) is 0. The zero-order valence-electron chi connectivity index (χ0n) is 9.98. The van der Waals surface area contributed by atoms with Gasteiger partial charge in [-0.1, -0.05) is 69.6 Å². The number of hydrogen-bond acceptors (Lipinski definition) is 2. The van der Waals surface area contributed by atoms with E-state index in [1.165, 1.54) is 0 Å². The number of halogens is 6. The molecule has 0 amide bonds. The standard InChI is InChI=1S/C12H2Cl6O4/c13-5-1-2(7(15)9(17)3(5)11(19)20)8(16)10(18)4(6(1)14)12(21)22/h(H,19,20)(H,21,22). The summed E-state index contributed by atoms with van der Waals surface area (Å²) < 4.78 is 0. The smallest absolute Gasteiger partial charge is 0.338 e. The molecule has 0 atom stereocenters. The summed E-state index contributed by atoms with van der Waals surface area (Å²) in [6, 6.07) is 0. The maximum atomic E-state index is 11.3. The van der Waals surface area contributed by atoms with Gasteiger partial charge in [-0.25, -0.2) is 9.59 Å². The summed E-state index contributed by atoms with van der Waals surface area (Å²) in [5.41, 5.74) is -1.03. The second kappa shape index (κ2) is 6.11. The van der Waals surface area contributed by atoms with E-state index in [0.717, 1.165) is 0 Å². The molecule has 10 heteroatoms. The van der Waals surface area contributed by atoms with Crippen molar-refractivity contribution in [3.63, 3.8) is 0 Å². The Hall–Kier alpha value is -0.620. The Balaban J connectivity index is 3.23. The first-order valence-corrected chi connectivity index (χ1v) is 7.51. The van der Waals surface area contributed by atoms with Crippen molar-refractivity contribution in [1.82, 2.24) is 0 Å². The summed E-state index contributed by atoms with van der Waals surface area (Å²) >= 11 is 35.9. The summed E-state index contributed by atoms with van der Waals surface area (Å²) in [5.74, 6) is -2.92. The van der Waals surface area contributed by atoms with Crippen molar-refractivity contribution in [1.29, 1.82) is 0 Å². The van der Waals surface area contributed by atoms with Crippen LogP contribution in [0.15, 0.2) is 0 Å². The fourth-order valence-corrected chi connectivity index (χ4v) is 3.92. The molecule has 0 heterocycles. The van der Waals surface area contributed by atoms with Gasteiger partial charge in [0.05, 0.1) is 41.3 Å². The summed E-state index contributed by atoms with van der Waals surface area (Å²) in [6.45, 7) is 0. The van der Waals surface area contributed by atoms with Gasteiger partial charge in [0.25, 0.3) is 0 Å². The van der Waals surface area contributed by atoms with Gasteiger partial charge in [0.2, 0.25) is 0 Å². The molecule has 0 aliphatic rings. The molecular formula is C12H2Cl6O4. The highest BCUT2D eigenvalue weighted by atomic mass is 35.5. The van der Waals surface area contributed by atoms with Gasteiger partial charge in [-0.15, -0.1) is 0 Å². The first-order valence-electron chi connectivity index (χ1n) is 5.24. The van der Waals surface area contributed by atoms with Crippen LogP contribution in [0.2, 0.25) is 30.1 Å². The van der Waals surface area contributed by atoms with E-state index in [2.05, 4.69) is 0 Å². The minimum absolute atomic E-state index is 0.0247. The van der Waals surface area contributed by atoms with E-state index in [-0.39, 0.29) is 40.9 Å². The van der Waals surface area contributed by atoms with Crippen molar-refractivity contribution in [3.8, 4) is 0 Å². The van der Waals surface area contributed by atoms with Gasteiger partial charge in [0, 0.05) is 10.8 Å².